The summed E-state index contributed by atoms with van der Waals surface area (Å²) in [6.07, 6.45) is 1.51. The van der Waals surface area contributed by atoms with Gasteiger partial charge in [0.1, 0.15) is 28.5 Å². The molecule has 28 heavy (non-hydrogen) atoms. The van der Waals surface area contributed by atoms with Gasteiger partial charge in [-0.05, 0) is 64.9 Å². The third kappa shape index (κ3) is 4.00. The lowest BCUT2D eigenvalue weighted by Gasteiger charge is -2.07. The molecule has 2 aromatic heterocycles. The molecule has 0 amide bonds. The number of hydrogen-bond acceptors (Lipinski definition) is 6. The van der Waals surface area contributed by atoms with E-state index < -0.39 is 0 Å². The van der Waals surface area contributed by atoms with E-state index in [2.05, 4.69) is 37.9 Å². The standard InChI is InChI=1S/C21H16IN3O2S/c1-13-17-19(25-16-9-7-15(22)8-10-16)23-12-24-20(17)28-18(13)21(26)27-11-14-5-3-2-4-6-14/h2-10,12H,11H2,1H3,(H,23,24,25). The maximum absolute atomic E-state index is 12.6. The van der Waals surface area contributed by atoms with E-state index in [4.69, 9.17) is 4.74 Å². The number of carbonyl (C=O) groups excluding carboxylic acids is 1. The highest BCUT2D eigenvalue weighted by molar-refractivity contribution is 14.1. The topological polar surface area (TPSA) is 64.1 Å². The minimum Gasteiger partial charge on any atom is -0.457 e. The van der Waals surface area contributed by atoms with Crippen LogP contribution < -0.4 is 5.32 Å². The lowest BCUT2D eigenvalue weighted by molar-refractivity contribution is 0.0478. The van der Waals surface area contributed by atoms with Crippen LogP contribution in [0.1, 0.15) is 20.8 Å². The van der Waals surface area contributed by atoms with Gasteiger partial charge in [-0.3, -0.25) is 0 Å². The fourth-order valence-corrected chi connectivity index (χ4v) is 4.22. The Hall–Kier alpha value is -2.52. The third-order valence-electron chi connectivity index (χ3n) is 4.23. The zero-order valence-electron chi connectivity index (χ0n) is 15.0. The highest BCUT2D eigenvalue weighted by Crippen LogP contribution is 2.35. The fraction of sp³-hybridized carbons (Fsp3) is 0.0952. The Bertz CT molecular complexity index is 1130. The average molecular weight is 501 g/mol. The maximum atomic E-state index is 12.6. The van der Waals surface area contributed by atoms with Gasteiger partial charge < -0.3 is 10.1 Å². The van der Waals surface area contributed by atoms with E-state index in [1.807, 2.05) is 61.5 Å². The molecule has 0 aliphatic heterocycles. The normalized spacial score (nSPS) is 10.8. The molecule has 0 atom stereocenters. The number of fused-ring (bicyclic) bond motifs is 1. The maximum Gasteiger partial charge on any atom is 0.349 e. The Morgan fingerprint density at radius 1 is 1.11 bits per heavy atom. The van der Waals surface area contributed by atoms with Crippen molar-refractivity contribution in [3.05, 3.63) is 80.5 Å². The van der Waals surface area contributed by atoms with Crippen LogP contribution in [0, 0.1) is 10.5 Å². The molecule has 0 fully saturated rings. The van der Waals surface area contributed by atoms with Crippen LogP contribution in [0.4, 0.5) is 11.5 Å². The SMILES string of the molecule is Cc1c(C(=O)OCc2ccccc2)sc2ncnc(Nc3ccc(I)cc3)c12. The quantitative estimate of drug-likeness (QED) is 0.281. The molecular formula is C21H16IN3O2S. The number of thiophene rings is 1. The van der Waals surface area contributed by atoms with Crippen LogP contribution in [0.3, 0.4) is 0 Å². The second kappa shape index (κ2) is 8.24. The predicted molar refractivity (Wildman–Crippen MR) is 120 cm³/mol. The molecule has 4 rings (SSSR count). The second-order valence-electron chi connectivity index (χ2n) is 6.15. The van der Waals surface area contributed by atoms with Crippen LogP contribution in [0.2, 0.25) is 0 Å². The van der Waals surface area contributed by atoms with Crippen molar-refractivity contribution in [2.75, 3.05) is 5.32 Å². The molecule has 0 saturated heterocycles. The molecule has 0 radical (unpaired) electrons. The highest BCUT2D eigenvalue weighted by atomic mass is 127. The first-order valence-electron chi connectivity index (χ1n) is 8.59. The Labute approximate surface area is 179 Å². The summed E-state index contributed by atoms with van der Waals surface area (Å²) in [6.45, 7) is 2.15. The number of hydrogen-bond donors (Lipinski definition) is 1. The molecule has 2 aromatic carbocycles. The molecular weight excluding hydrogens is 485 g/mol. The van der Waals surface area contributed by atoms with Crippen LogP contribution in [0.25, 0.3) is 10.2 Å². The number of aromatic nitrogens is 2. The van der Waals surface area contributed by atoms with Crippen molar-refractivity contribution in [2.45, 2.75) is 13.5 Å². The molecule has 140 valence electrons. The smallest absolute Gasteiger partial charge is 0.349 e. The first kappa shape index (κ1) is 18.8. The first-order valence-corrected chi connectivity index (χ1v) is 10.5. The van der Waals surface area contributed by atoms with Gasteiger partial charge >= 0.3 is 5.97 Å². The van der Waals surface area contributed by atoms with Gasteiger partial charge in [0, 0.05) is 9.26 Å². The summed E-state index contributed by atoms with van der Waals surface area (Å²) in [5, 5.41) is 4.17. The summed E-state index contributed by atoms with van der Waals surface area (Å²) in [4.78, 5) is 22.7. The molecule has 2 heterocycles. The first-order chi connectivity index (χ1) is 13.6. The Balaban J connectivity index is 1.61. The van der Waals surface area contributed by atoms with Gasteiger partial charge in [0.2, 0.25) is 0 Å². The van der Waals surface area contributed by atoms with Gasteiger partial charge in [0.15, 0.2) is 0 Å². The number of aryl methyl sites for hydroxylation is 1. The highest BCUT2D eigenvalue weighted by Gasteiger charge is 2.20. The van der Waals surface area contributed by atoms with Crippen molar-refractivity contribution in [3.63, 3.8) is 0 Å². The van der Waals surface area contributed by atoms with E-state index in [9.17, 15) is 4.79 Å². The van der Waals surface area contributed by atoms with Crippen molar-refractivity contribution < 1.29 is 9.53 Å². The molecule has 0 saturated carbocycles. The Kier molecular flexibility index (Phi) is 5.54. The zero-order chi connectivity index (χ0) is 19.5. The zero-order valence-corrected chi connectivity index (χ0v) is 18.0. The summed E-state index contributed by atoms with van der Waals surface area (Å²) in [6, 6.07) is 17.7. The molecule has 0 unspecified atom stereocenters. The number of anilines is 2. The van der Waals surface area contributed by atoms with E-state index in [0.29, 0.717) is 10.7 Å². The number of esters is 1. The number of ether oxygens (including phenoxy) is 1. The van der Waals surface area contributed by atoms with E-state index in [1.54, 1.807) is 0 Å². The summed E-state index contributed by atoms with van der Waals surface area (Å²) < 4.78 is 6.66. The molecule has 0 spiro atoms. The Morgan fingerprint density at radius 3 is 2.61 bits per heavy atom. The number of nitrogens with zero attached hydrogens (tertiary/aromatic N) is 2. The fourth-order valence-electron chi connectivity index (χ4n) is 2.82. The Morgan fingerprint density at radius 2 is 1.86 bits per heavy atom. The summed E-state index contributed by atoms with van der Waals surface area (Å²) in [5.41, 5.74) is 2.71. The lowest BCUT2D eigenvalue weighted by atomic mass is 10.2. The summed E-state index contributed by atoms with van der Waals surface area (Å²) in [7, 11) is 0. The molecule has 4 aromatic rings. The van der Waals surface area contributed by atoms with Gasteiger partial charge in [-0.2, -0.15) is 0 Å². The van der Waals surface area contributed by atoms with E-state index >= 15 is 0 Å². The van der Waals surface area contributed by atoms with Crippen molar-refractivity contribution in [1.82, 2.24) is 9.97 Å². The second-order valence-corrected chi connectivity index (χ2v) is 8.40. The van der Waals surface area contributed by atoms with Crippen LogP contribution in [-0.4, -0.2) is 15.9 Å². The van der Waals surface area contributed by atoms with Crippen LogP contribution in [-0.2, 0) is 11.3 Å². The number of nitrogens with one attached hydrogen (secondary N) is 1. The van der Waals surface area contributed by atoms with Gasteiger partial charge in [0.05, 0.1) is 5.39 Å². The molecule has 7 heteroatoms. The van der Waals surface area contributed by atoms with E-state index in [1.165, 1.54) is 17.7 Å². The molecule has 5 nitrogen and oxygen atoms in total. The van der Waals surface area contributed by atoms with Crippen LogP contribution in [0.15, 0.2) is 60.9 Å². The van der Waals surface area contributed by atoms with E-state index in [-0.39, 0.29) is 12.6 Å². The average Bonchev–Trinajstić information content (AvgIpc) is 3.06. The molecule has 0 aliphatic rings. The monoisotopic (exact) mass is 501 g/mol. The summed E-state index contributed by atoms with van der Waals surface area (Å²) in [5.74, 6) is 0.339. The minimum absolute atomic E-state index is 0.243. The number of carbonyl (C=O) groups is 1. The number of benzene rings is 2. The third-order valence-corrected chi connectivity index (χ3v) is 6.13. The number of rotatable bonds is 5. The van der Waals surface area contributed by atoms with Crippen LogP contribution >= 0.6 is 33.9 Å². The van der Waals surface area contributed by atoms with Gasteiger partial charge in [-0.25, -0.2) is 14.8 Å². The van der Waals surface area contributed by atoms with Crippen molar-refractivity contribution in [3.8, 4) is 0 Å². The van der Waals surface area contributed by atoms with Gasteiger partial charge in [0.25, 0.3) is 0 Å². The van der Waals surface area contributed by atoms with Gasteiger partial charge in [-0.15, -0.1) is 11.3 Å². The van der Waals surface area contributed by atoms with Crippen molar-refractivity contribution >= 4 is 61.6 Å². The minimum atomic E-state index is -0.343. The molecule has 0 aliphatic carbocycles. The number of halogens is 1. The molecule has 1 N–H and O–H groups in total. The van der Waals surface area contributed by atoms with E-state index in [0.717, 1.165) is 30.6 Å². The lowest BCUT2D eigenvalue weighted by Crippen LogP contribution is -2.04. The van der Waals surface area contributed by atoms with Crippen molar-refractivity contribution in [2.24, 2.45) is 0 Å². The molecule has 0 bridgehead atoms. The van der Waals surface area contributed by atoms with Gasteiger partial charge in [-0.1, -0.05) is 30.3 Å². The van der Waals surface area contributed by atoms with Crippen molar-refractivity contribution in [1.29, 1.82) is 0 Å². The largest absolute Gasteiger partial charge is 0.457 e. The summed E-state index contributed by atoms with van der Waals surface area (Å²) >= 11 is 3.59. The predicted octanol–water partition coefficient (Wildman–Crippen LogP) is 5.70. The van der Waals surface area contributed by atoms with Crippen LogP contribution in [0.5, 0.6) is 0 Å².